The molecular formula is C21H21FN2O. The molecule has 0 unspecified atom stereocenters. The molecule has 0 radical (unpaired) electrons. The third-order valence-corrected chi connectivity index (χ3v) is 4.94. The van der Waals surface area contributed by atoms with Crippen molar-refractivity contribution >= 4 is 0 Å². The van der Waals surface area contributed by atoms with Gasteiger partial charge in [0.15, 0.2) is 5.76 Å². The van der Waals surface area contributed by atoms with E-state index in [-0.39, 0.29) is 5.82 Å². The molecule has 0 spiro atoms. The molecule has 0 N–H and O–H groups in total. The number of aromatic nitrogens is 1. The Morgan fingerprint density at radius 2 is 1.96 bits per heavy atom. The van der Waals surface area contributed by atoms with E-state index >= 15 is 0 Å². The second kappa shape index (κ2) is 6.81. The smallest absolute Gasteiger partial charge is 0.209 e. The lowest BCUT2D eigenvalue weighted by atomic mass is 9.87. The molecule has 0 bridgehead atoms. The minimum Gasteiger partial charge on any atom is -0.439 e. The summed E-state index contributed by atoms with van der Waals surface area (Å²) in [7, 11) is 2.12. The quantitative estimate of drug-likeness (QED) is 0.672. The maximum atomic E-state index is 13.1. The average molecular weight is 336 g/mol. The van der Waals surface area contributed by atoms with Gasteiger partial charge in [0.05, 0.1) is 12.7 Å². The number of fused-ring (bicyclic) bond motifs is 1. The Hall–Kier alpha value is -2.46. The first-order valence-corrected chi connectivity index (χ1v) is 8.69. The van der Waals surface area contributed by atoms with Crippen LogP contribution in [0.5, 0.6) is 0 Å². The zero-order chi connectivity index (χ0) is 17.2. The number of aryl methyl sites for hydroxylation is 1. The zero-order valence-corrected chi connectivity index (χ0v) is 14.3. The normalized spacial score (nSPS) is 16.8. The van der Waals surface area contributed by atoms with Crippen molar-refractivity contribution in [3.05, 3.63) is 77.6 Å². The van der Waals surface area contributed by atoms with E-state index in [0.717, 1.165) is 18.4 Å². The van der Waals surface area contributed by atoms with Crippen molar-refractivity contribution in [2.24, 2.45) is 0 Å². The summed E-state index contributed by atoms with van der Waals surface area (Å²) in [5.74, 6) is 1.11. The minimum absolute atomic E-state index is 0.251. The number of hydrogen-bond donors (Lipinski definition) is 0. The van der Waals surface area contributed by atoms with Crippen LogP contribution < -0.4 is 0 Å². The predicted molar refractivity (Wildman–Crippen MR) is 95.5 cm³/mol. The largest absolute Gasteiger partial charge is 0.439 e. The first-order chi connectivity index (χ1) is 12.2. The summed E-state index contributed by atoms with van der Waals surface area (Å²) in [6, 6.07) is 15.4. The number of hydrogen-bond acceptors (Lipinski definition) is 3. The summed E-state index contributed by atoms with van der Waals surface area (Å²) in [5.41, 5.74) is 3.71. The molecule has 4 rings (SSSR count). The lowest BCUT2D eigenvalue weighted by molar-refractivity contribution is 0.195. The summed E-state index contributed by atoms with van der Waals surface area (Å²) < 4.78 is 18.9. The fourth-order valence-corrected chi connectivity index (χ4v) is 3.64. The van der Waals surface area contributed by atoms with Gasteiger partial charge in [-0.2, -0.15) is 0 Å². The molecule has 1 heterocycles. The van der Waals surface area contributed by atoms with Gasteiger partial charge in [-0.05, 0) is 61.7 Å². The Balaban J connectivity index is 1.50. The van der Waals surface area contributed by atoms with Crippen molar-refractivity contribution in [1.29, 1.82) is 0 Å². The highest BCUT2D eigenvalue weighted by molar-refractivity contribution is 5.55. The molecule has 1 aromatic heterocycles. The van der Waals surface area contributed by atoms with Gasteiger partial charge in [0.1, 0.15) is 5.82 Å². The Morgan fingerprint density at radius 3 is 2.80 bits per heavy atom. The maximum absolute atomic E-state index is 13.1. The van der Waals surface area contributed by atoms with Crippen LogP contribution in [-0.2, 0) is 13.0 Å². The molecule has 1 aliphatic rings. The number of halogens is 1. The van der Waals surface area contributed by atoms with Crippen molar-refractivity contribution in [2.45, 2.75) is 31.8 Å². The van der Waals surface area contributed by atoms with Crippen LogP contribution in [0.3, 0.4) is 0 Å². The van der Waals surface area contributed by atoms with Crippen molar-refractivity contribution in [3.8, 4) is 11.3 Å². The number of benzene rings is 2. The monoisotopic (exact) mass is 336 g/mol. The molecule has 0 saturated carbocycles. The molecule has 1 atom stereocenters. The molecule has 128 valence electrons. The molecule has 0 amide bonds. The molecule has 1 aliphatic carbocycles. The average Bonchev–Trinajstić information content (AvgIpc) is 3.10. The molecule has 0 fully saturated rings. The van der Waals surface area contributed by atoms with Crippen molar-refractivity contribution in [2.75, 3.05) is 7.05 Å². The standard InChI is InChI=1S/C21H21FN2O/c1-24(19-8-4-6-15-5-2-3-7-18(15)19)14-21-23-13-20(25-21)16-9-11-17(22)12-10-16/h2-3,5,7,9-13,19H,4,6,8,14H2,1H3/t19-/m1/s1. The van der Waals surface area contributed by atoms with Gasteiger partial charge in [0.25, 0.3) is 0 Å². The van der Waals surface area contributed by atoms with Gasteiger partial charge in [0.2, 0.25) is 5.89 Å². The molecule has 0 saturated heterocycles. The van der Waals surface area contributed by atoms with Crippen LogP contribution >= 0.6 is 0 Å². The van der Waals surface area contributed by atoms with E-state index in [1.165, 1.54) is 29.7 Å². The van der Waals surface area contributed by atoms with Crippen LogP contribution in [0.25, 0.3) is 11.3 Å². The number of nitrogens with zero attached hydrogens (tertiary/aromatic N) is 2. The summed E-state index contributed by atoms with van der Waals surface area (Å²) in [5, 5.41) is 0. The van der Waals surface area contributed by atoms with Gasteiger partial charge in [-0.25, -0.2) is 9.37 Å². The van der Waals surface area contributed by atoms with E-state index in [1.54, 1.807) is 18.3 Å². The maximum Gasteiger partial charge on any atom is 0.209 e. The fourth-order valence-electron chi connectivity index (χ4n) is 3.64. The predicted octanol–water partition coefficient (Wildman–Crippen LogP) is 4.99. The van der Waals surface area contributed by atoms with Gasteiger partial charge in [0, 0.05) is 11.6 Å². The third kappa shape index (κ3) is 3.35. The summed E-state index contributed by atoms with van der Waals surface area (Å²) in [6.07, 6.45) is 5.23. The lowest BCUT2D eigenvalue weighted by Gasteiger charge is -2.32. The highest BCUT2D eigenvalue weighted by atomic mass is 19.1. The van der Waals surface area contributed by atoms with Gasteiger partial charge in [-0.15, -0.1) is 0 Å². The van der Waals surface area contributed by atoms with E-state index < -0.39 is 0 Å². The van der Waals surface area contributed by atoms with Gasteiger partial charge in [-0.1, -0.05) is 24.3 Å². The van der Waals surface area contributed by atoms with Gasteiger partial charge >= 0.3 is 0 Å². The zero-order valence-electron chi connectivity index (χ0n) is 14.3. The SMILES string of the molecule is CN(Cc1ncc(-c2ccc(F)cc2)o1)[C@@H]1CCCc2ccccc21. The van der Waals surface area contributed by atoms with Crippen LogP contribution in [0, 0.1) is 5.82 Å². The van der Waals surface area contributed by atoms with Crippen molar-refractivity contribution in [3.63, 3.8) is 0 Å². The van der Waals surface area contributed by atoms with Crippen LogP contribution in [0.15, 0.2) is 59.1 Å². The first kappa shape index (κ1) is 16.0. The Kier molecular flexibility index (Phi) is 4.36. The number of oxazole rings is 1. The molecule has 25 heavy (non-hydrogen) atoms. The van der Waals surface area contributed by atoms with Gasteiger partial charge in [-0.3, -0.25) is 4.90 Å². The second-order valence-corrected chi connectivity index (χ2v) is 6.65. The summed E-state index contributed by atoms with van der Waals surface area (Å²) >= 11 is 0. The van der Waals surface area contributed by atoms with E-state index in [4.69, 9.17) is 4.42 Å². The molecule has 0 aliphatic heterocycles. The number of rotatable bonds is 4. The molecule has 3 nitrogen and oxygen atoms in total. The highest BCUT2D eigenvalue weighted by Crippen LogP contribution is 2.34. The third-order valence-electron chi connectivity index (χ3n) is 4.94. The van der Waals surface area contributed by atoms with Crippen LogP contribution in [0.2, 0.25) is 0 Å². The lowest BCUT2D eigenvalue weighted by Crippen LogP contribution is -2.27. The Bertz CT molecular complexity index is 856. The highest BCUT2D eigenvalue weighted by Gasteiger charge is 2.24. The molecular weight excluding hydrogens is 315 g/mol. The van der Waals surface area contributed by atoms with Crippen LogP contribution in [0.1, 0.15) is 35.9 Å². The van der Waals surface area contributed by atoms with Gasteiger partial charge < -0.3 is 4.42 Å². The van der Waals surface area contributed by atoms with Crippen LogP contribution in [-0.4, -0.2) is 16.9 Å². The van der Waals surface area contributed by atoms with Crippen LogP contribution in [0.4, 0.5) is 4.39 Å². The van der Waals surface area contributed by atoms with Crippen molar-refractivity contribution < 1.29 is 8.81 Å². The molecule has 3 aromatic rings. The summed E-state index contributed by atoms with van der Waals surface area (Å²) in [4.78, 5) is 6.71. The van der Waals surface area contributed by atoms with Crippen molar-refractivity contribution in [1.82, 2.24) is 9.88 Å². The molecule has 2 aromatic carbocycles. The molecule has 4 heteroatoms. The van der Waals surface area contributed by atoms with E-state index in [2.05, 4.69) is 41.2 Å². The van der Waals surface area contributed by atoms with E-state index in [9.17, 15) is 4.39 Å². The summed E-state index contributed by atoms with van der Waals surface area (Å²) in [6.45, 7) is 0.653. The Morgan fingerprint density at radius 1 is 1.16 bits per heavy atom. The fraction of sp³-hybridized carbons (Fsp3) is 0.286. The minimum atomic E-state index is -0.251. The first-order valence-electron chi connectivity index (χ1n) is 8.69. The van der Waals surface area contributed by atoms with E-state index in [0.29, 0.717) is 24.2 Å². The topological polar surface area (TPSA) is 29.3 Å². The van der Waals surface area contributed by atoms with E-state index in [1.807, 2.05) is 0 Å². The second-order valence-electron chi connectivity index (χ2n) is 6.65. The Labute approximate surface area is 147 Å².